The molecule has 0 aliphatic heterocycles. The molecule has 112 valence electrons. The van der Waals surface area contributed by atoms with Crippen molar-refractivity contribution < 1.29 is 19.4 Å². The van der Waals surface area contributed by atoms with E-state index in [-0.39, 0.29) is 0 Å². The third-order valence-electron chi connectivity index (χ3n) is 3.00. The summed E-state index contributed by atoms with van der Waals surface area (Å²) in [6.07, 6.45) is -0.381. The molecule has 0 bridgehead atoms. The molecule has 0 saturated carbocycles. The first kappa shape index (κ1) is 16.5. The van der Waals surface area contributed by atoms with Gasteiger partial charge >= 0.3 is 5.97 Å². The topological polar surface area (TPSA) is 67.8 Å². The van der Waals surface area contributed by atoms with E-state index in [1.165, 1.54) is 0 Å². The maximum atomic E-state index is 11.1. The zero-order valence-electron chi connectivity index (χ0n) is 12.3. The molecule has 0 saturated heterocycles. The number of ether oxygens (including phenoxy) is 2. The van der Waals surface area contributed by atoms with Crippen LogP contribution in [-0.2, 0) is 16.1 Å². The molecule has 0 aliphatic carbocycles. The lowest BCUT2D eigenvalue weighted by molar-refractivity contribution is -0.145. The molecule has 2 N–H and O–H groups in total. The fraction of sp³-hybridized carbons (Fsp3) is 0.533. The molecule has 0 fully saturated rings. The standard InChI is InChI=1S/C15H23NO4/c1-4-13(15(17)18)20-14-11(2)6-5-7-12(14)10-16-8-9-19-3/h5-7,13,16H,4,8-10H2,1-3H3,(H,17,18). The van der Waals surface area contributed by atoms with Crippen LogP contribution in [0.5, 0.6) is 5.75 Å². The molecule has 0 heterocycles. The molecule has 0 aromatic heterocycles. The lowest BCUT2D eigenvalue weighted by Gasteiger charge is -2.18. The van der Waals surface area contributed by atoms with Gasteiger partial charge in [0, 0.05) is 25.8 Å². The van der Waals surface area contributed by atoms with Crippen molar-refractivity contribution in [1.29, 1.82) is 0 Å². The Morgan fingerprint density at radius 2 is 2.20 bits per heavy atom. The fourth-order valence-electron chi connectivity index (χ4n) is 1.87. The second kappa shape index (κ2) is 8.55. The normalized spacial score (nSPS) is 12.2. The first-order valence-corrected chi connectivity index (χ1v) is 6.77. The Labute approximate surface area is 119 Å². The molecule has 1 aromatic rings. The first-order valence-electron chi connectivity index (χ1n) is 6.77. The molecule has 0 radical (unpaired) electrons. The van der Waals surface area contributed by atoms with Crippen molar-refractivity contribution in [2.45, 2.75) is 32.9 Å². The Hall–Kier alpha value is -1.59. The van der Waals surface area contributed by atoms with Gasteiger partial charge in [-0.2, -0.15) is 0 Å². The molecule has 1 rings (SSSR count). The molecule has 1 atom stereocenters. The van der Waals surface area contributed by atoms with Crippen LogP contribution in [0.1, 0.15) is 24.5 Å². The van der Waals surface area contributed by atoms with Crippen molar-refractivity contribution in [2.75, 3.05) is 20.3 Å². The summed E-state index contributed by atoms with van der Waals surface area (Å²) in [5.41, 5.74) is 1.90. The average Bonchev–Trinajstić information content (AvgIpc) is 2.42. The van der Waals surface area contributed by atoms with Crippen LogP contribution in [0.25, 0.3) is 0 Å². The summed E-state index contributed by atoms with van der Waals surface area (Å²) in [5, 5.41) is 12.3. The fourth-order valence-corrected chi connectivity index (χ4v) is 1.87. The van der Waals surface area contributed by atoms with E-state index in [1.807, 2.05) is 25.1 Å². The summed E-state index contributed by atoms with van der Waals surface area (Å²) in [5.74, 6) is -0.277. The van der Waals surface area contributed by atoms with Crippen LogP contribution in [0.4, 0.5) is 0 Å². The van der Waals surface area contributed by atoms with Gasteiger partial charge in [0.2, 0.25) is 0 Å². The summed E-state index contributed by atoms with van der Waals surface area (Å²) in [7, 11) is 1.65. The van der Waals surface area contributed by atoms with Crippen molar-refractivity contribution in [3.63, 3.8) is 0 Å². The molecule has 0 spiro atoms. The number of hydrogen-bond donors (Lipinski definition) is 2. The Balaban J connectivity index is 2.79. The van der Waals surface area contributed by atoms with E-state index >= 15 is 0 Å². The van der Waals surface area contributed by atoms with E-state index < -0.39 is 12.1 Å². The minimum Gasteiger partial charge on any atom is -0.479 e. The maximum Gasteiger partial charge on any atom is 0.344 e. The van der Waals surface area contributed by atoms with Crippen molar-refractivity contribution in [2.24, 2.45) is 0 Å². The summed E-state index contributed by atoms with van der Waals surface area (Å²) in [6.45, 7) is 5.71. The van der Waals surface area contributed by atoms with Crippen molar-refractivity contribution >= 4 is 5.97 Å². The van der Waals surface area contributed by atoms with E-state index in [4.69, 9.17) is 14.6 Å². The summed E-state index contributed by atoms with van der Waals surface area (Å²) >= 11 is 0. The number of hydrogen-bond acceptors (Lipinski definition) is 4. The van der Waals surface area contributed by atoms with Crippen LogP contribution in [-0.4, -0.2) is 37.4 Å². The van der Waals surface area contributed by atoms with Gasteiger partial charge in [-0.25, -0.2) is 4.79 Å². The highest BCUT2D eigenvalue weighted by atomic mass is 16.5. The highest BCUT2D eigenvalue weighted by molar-refractivity contribution is 5.72. The van der Waals surface area contributed by atoms with Crippen LogP contribution < -0.4 is 10.1 Å². The van der Waals surface area contributed by atoms with Gasteiger partial charge in [-0.1, -0.05) is 25.1 Å². The Morgan fingerprint density at radius 1 is 1.45 bits per heavy atom. The largest absolute Gasteiger partial charge is 0.479 e. The van der Waals surface area contributed by atoms with Crippen molar-refractivity contribution in [3.8, 4) is 5.75 Å². The number of nitrogens with one attached hydrogen (secondary N) is 1. The Morgan fingerprint density at radius 3 is 2.80 bits per heavy atom. The van der Waals surface area contributed by atoms with Crippen LogP contribution >= 0.6 is 0 Å². The molecule has 5 heteroatoms. The number of aryl methyl sites for hydroxylation is 1. The molecular weight excluding hydrogens is 258 g/mol. The zero-order chi connectivity index (χ0) is 15.0. The van der Waals surface area contributed by atoms with Crippen molar-refractivity contribution in [3.05, 3.63) is 29.3 Å². The van der Waals surface area contributed by atoms with Gasteiger partial charge in [-0.05, 0) is 18.9 Å². The van der Waals surface area contributed by atoms with E-state index in [2.05, 4.69) is 5.32 Å². The number of benzene rings is 1. The number of rotatable bonds is 9. The predicted octanol–water partition coefficient (Wildman–Crippen LogP) is 1.97. The minimum atomic E-state index is -0.936. The monoisotopic (exact) mass is 281 g/mol. The van der Waals surface area contributed by atoms with Gasteiger partial charge in [0.1, 0.15) is 5.75 Å². The predicted molar refractivity (Wildman–Crippen MR) is 77.1 cm³/mol. The third kappa shape index (κ3) is 4.83. The number of carbonyl (C=O) groups is 1. The number of carboxylic acid groups (broad SMARTS) is 1. The Bertz CT molecular complexity index is 434. The summed E-state index contributed by atoms with van der Waals surface area (Å²) < 4.78 is 10.6. The molecular formula is C15H23NO4. The maximum absolute atomic E-state index is 11.1. The van der Waals surface area contributed by atoms with Gasteiger partial charge in [0.05, 0.1) is 6.61 Å². The van der Waals surface area contributed by atoms with Gasteiger partial charge in [-0.15, -0.1) is 0 Å². The van der Waals surface area contributed by atoms with Gasteiger partial charge < -0.3 is 19.9 Å². The molecule has 20 heavy (non-hydrogen) atoms. The van der Waals surface area contributed by atoms with E-state index in [0.29, 0.717) is 25.3 Å². The minimum absolute atomic E-state index is 0.431. The number of para-hydroxylation sites is 1. The molecule has 0 amide bonds. The van der Waals surface area contributed by atoms with Gasteiger partial charge in [-0.3, -0.25) is 0 Å². The molecule has 0 aliphatic rings. The quantitative estimate of drug-likeness (QED) is 0.677. The average molecular weight is 281 g/mol. The lowest BCUT2D eigenvalue weighted by atomic mass is 10.1. The highest BCUT2D eigenvalue weighted by Gasteiger charge is 2.19. The van der Waals surface area contributed by atoms with Crippen LogP contribution in [0, 0.1) is 6.92 Å². The van der Waals surface area contributed by atoms with E-state index in [0.717, 1.165) is 17.7 Å². The van der Waals surface area contributed by atoms with Crippen molar-refractivity contribution in [1.82, 2.24) is 5.32 Å². The lowest BCUT2D eigenvalue weighted by Crippen LogP contribution is -2.27. The van der Waals surface area contributed by atoms with Gasteiger partial charge in [0.15, 0.2) is 6.10 Å². The highest BCUT2D eigenvalue weighted by Crippen LogP contribution is 2.25. The van der Waals surface area contributed by atoms with Crippen LogP contribution in [0.3, 0.4) is 0 Å². The van der Waals surface area contributed by atoms with Gasteiger partial charge in [0.25, 0.3) is 0 Å². The number of carboxylic acids is 1. The summed E-state index contributed by atoms with van der Waals surface area (Å²) in [6, 6.07) is 5.80. The summed E-state index contributed by atoms with van der Waals surface area (Å²) in [4.78, 5) is 11.1. The molecule has 5 nitrogen and oxygen atoms in total. The second-order valence-corrected chi connectivity index (χ2v) is 4.59. The smallest absolute Gasteiger partial charge is 0.344 e. The Kier molecular flexibility index (Phi) is 7.04. The zero-order valence-corrected chi connectivity index (χ0v) is 12.3. The first-order chi connectivity index (χ1) is 9.60. The second-order valence-electron chi connectivity index (χ2n) is 4.59. The van der Waals surface area contributed by atoms with E-state index in [1.54, 1.807) is 14.0 Å². The molecule has 1 aromatic carbocycles. The number of aliphatic carboxylic acids is 1. The number of methoxy groups -OCH3 is 1. The van der Waals surface area contributed by atoms with Crippen LogP contribution in [0.15, 0.2) is 18.2 Å². The molecule has 1 unspecified atom stereocenters. The third-order valence-corrected chi connectivity index (χ3v) is 3.00. The van der Waals surface area contributed by atoms with Crippen LogP contribution in [0.2, 0.25) is 0 Å². The SMILES string of the molecule is CCC(Oc1c(C)cccc1CNCCOC)C(=O)O. The van der Waals surface area contributed by atoms with E-state index in [9.17, 15) is 4.79 Å².